The van der Waals surface area contributed by atoms with Crippen molar-refractivity contribution < 1.29 is 9.47 Å². The van der Waals surface area contributed by atoms with E-state index in [0.717, 1.165) is 50.3 Å². The van der Waals surface area contributed by atoms with Crippen LogP contribution < -0.4 is 9.47 Å². The monoisotopic (exact) mass is 422 g/mol. The fourth-order valence-corrected chi connectivity index (χ4v) is 4.15. The summed E-state index contributed by atoms with van der Waals surface area (Å²) in [5.41, 5.74) is 7.65. The summed E-state index contributed by atoms with van der Waals surface area (Å²) < 4.78 is 13.9. The highest BCUT2D eigenvalue weighted by Crippen LogP contribution is 2.37. The number of benzene rings is 2. The molecule has 0 fully saturated rings. The number of nitrogens with zero attached hydrogens (tertiary/aromatic N) is 4. The number of aryl methyl sites for hydroxylation is 1. The van der Waals surface area contributed by atoms with Crippen LogP contribution in [0.5, 0.6) is 11.8 Å². The van der Waals surface area contributed by atoms with Crippen LogP contribution in [0.25, 0.3) is 16.7 Å². The Kier molecular flexibility index (Phi) is 5.08. The van der Waals surface area contributed by atoms with Crippen LogP contribution in [-0.4, -0.2) is 21.1 Å². The molecule has 0 atom stereocenters. The zero-order valence-corrected chi connectivity index (χ0v) is 18.0. The Labute approximate surface area is 186 Å². The van der Waals surface area contributed by atoms with Crippen LogP contribution in [-0.2, 0) is 13.2 Å². The van der Waals surface area contributed by atoms with E-state index in [4.69, 9.17) is 9.47 Å². The third-order valence-corrected chi connectivity index (χ3v) is 5.64. The first-order chi connectivity index (χ1) is 15.7. The van der Waals surface area contributed by atoms with Gasteiger partial charge in [-0.1, -0.05) is 30.3 Å². The molecule has 0 N–H and O–H groups in total. The maximum atomic E-state index is 9.39. The summed E-state index contributed by atoms with van der Waals surface area (Å²) in [7, 11) is 0. The van der Waals surface area contributed by atoms with Gasteiger partial charge in [0.05, 0.1) is 19.2 Å². The Balaban J connectivity index is 1.58. The van der Waals surface area contributed by atoms with E-state index in [0.29, 0.717) is 25.8 Å². The number of nitriles is 1. The molecule has 0 spiro atoms. The lowest BCUT2D eigenvalue weighted by molar-refractivity contribution is 0.300. The van der Waals surface area contributed by atoms with Crippen molar-refractivity contribution >= 4 is 16.7 Å². The number of hydrogen-bond acceptors (Lipinski definition) is 5. The number of fused-ring (bicyclic) bond motifs is 3. The summed E-state index contributed by atoms with van der Waals surface area (Å²) >= 11 is 0. The first-order valence-corrected chi connectivity index (χ1v) is 10.6. The molecule has 2 aromatic heterocycles. The summed E-state index contributed by atoms with van der Waals surface area (Å²) in [6, 6.07) is 18.8. The van der Waals surface area contributed by atoms with Crippen molar-refractivity contribution in [2.75, 3.05) is 6.61 Å². The second kappa shape index (κ2) is 8.20. The molecule has 6 heteroatoms. The molecule has 5 rings (SSSR count). The smallest absolute Gasteiger partial charge is 0.298 e. The van der Waals surface area contributed by atoms with Crippen molar-refractivity contribution in [1.82, 2.24) is 14.5 Å². The Morgan fingerprint density at radius 2 is 2.06 bits per heavy atom. The number of imidazole rings is 1. The second-order valence-electron chi connectivity index (χ2n) is 7.68. The van der Waals surface area contributed by atoms with Crippen molar-refractivity contribution in [3.05, 3.63) is 88.6 Å². The molecule has 3 heterocycles. The lowest BCUT2D eigenvalue weighted by Gasteiger charge is -2.12. The minimum absolute atomic E-state index is 0.434. The first-order valence-electron chi connectivity index (χ1n) is 10.6. The number of rotatable bonds is 4. The molecule has 0 saturated heterocycles. The molecule has 1 aliphatic heterocycles. The van der Waals surface area contributed by atoms with Gasteiger partial charge < -0.3 is 9.47 Å². The lowest BCUT2D eigenvalue weighted by atomic mass is 9.93. The number of hydrogen-bond donors (Lipinski definition) is 0. The Morgan fingerprint density at radius 3 is 2.91 bits per heavy atom. The van der Waals surface area contributed by atoms with Crippen molar-refractivity contribution in [3.8, 4) is 17.8 Å². The van der Waals surface area contributed by atoms with Gasteiger partial charge in [0, 0.05) is 23.4 Å². The van der Waals surface area contributed by atoms with E-state index in [1.807, 2.05) is 48.7 Å². The molecule has 0 amide bonds. The Morgan fingerprint density at radius 1 is 1.19 bits per heavy atom. The fourth-order valence-electron chi connectivity index (χ4n) is 4.15. The van der Waals surface area contributed by atoms with Crippen molar-refractivity contribution in [2.24, 2.45) is 0 Å². The maximum absolute atomic E-state index is 9.39. The Bertz CT molecular complexity index is 1390. The Hall–Kier alpha value is -4.11. The van der Waals surface area contributed by atoms with Gasteiger partial charge in [-0.05, 0) is 54.3 Å². The van der Waals surface area contributed by atoms with E-state index in [1.165, 1.54) is 0 Å². The van der Waals surface area contributed by atoms with Crippen LogP contribution in [0.15, 0.2) is 60.8 Å². The topological polar surface area (TPSA) is 73.0 Å². The fraction of sp³-hybridized carbons (Fsp3) is 0.192. The molecule has 0 bridgehead atoms. The summed E-state index contributed by atoms with van der Waals surface area (Å²) in [5.74, 6) is 0.783. The average Bonchev–Trinajstić information content (AvgIpc) is 3.07. The predicted molar refractivity (Wildman–Crippen MR) is 122 cm³/mol. The molecule has 1 aliphatic rings. The van der Waals surface area contributed by atoms with Crippen molar-refractivity contribution in [2.45, 2.75) is 27.0 Å². The zero-order chi connectivity index (χ0) is 22.1. The molecule has 2 aromatic carbocycles. The number of para-hydroxylation sites is 1. The minimum atomic E-state index is 0.434. The molecule has 158 valence electrons. The number of aromatic nitrogens is 3. The largest absolute Gasteiger partial charge is 0.488 e. The highest BCUT2D eigenvalue weighted by Gasteiger charge is 2.20. The van der Waals surface area contributed by atoms with Crippen LogP contribution >= 0.6 is 0 Å². The molecule has 6 nitrogen and oxygen atoms in total. The van der Waals surface area contributed by atoms with Crippen LogP contribution in [0, 0.1) is 18.3 Å². The molecule has 32 heavy (non-hydrogen) atoms. The van der Waals surface area contributed by atoms with Crippen LogP contribution in [0.4, 0.5) is 0 Å². The maximum Gasteiger partial charge on any atom is 0.298 e. The highest BCUT2D eigenvalue weighted by atomic mass is 16.5. The SMILES string of the molecule is CCOc1nc2c(C)ccnc2n1Cc1ccc2c(c1)COc1ccccc1C2=CC#N. The van der Waals surface area contributed by atoms with Crippen LogP contribution in [0.2, 0.25) is 0 Å². The summed E-state index contributed by atoms with van der Waals surface area (Å²) in [4.78, 5) is 9.23. The molecular weight excluding hydrogens is 400 g/mol. The number of pyridine rings is 1. The quantitative estimate of drug-likeness (QED) is 0.431. The van der Waals surface area contributed by atoms with E-state index in [9.17, 15) is 5.26 Å². The van der Waals surface area contributed by atoms with Gasteiger partial charge >= 0.3 is 0 Å². The zero-order valence-electron chi connectivity index (χ0n) is 18.0. The van der Waals surface area contributed by atoms with Gasteiger partial charge in [-0.25, -0.2) is 4.98 Å². The van der Waals surface area contributed by atoms with Crippen LogP contribution in [0.1, 0.15) is 34.7 Å². The van der Waals surface area contributed by atoms with Crippen molar-refractivity contribution in [1.29, 1.82) is 5.26 Å². The standard InChI is InChI=1S/C26H22N4O2/c1-3-31-26-29-24-17(2)11-13-28-25(24)30(26)15-18-8-9-20-19(14-18)16-32-23-7-5-4-6-22(23)21(20)10-12-27/h4-11,13-14H,3,15-16H2,1-2H3. The third-order valence-electron chi connectivity index (χ3n) is 5.64. The van der Waals surface area contributed by atoms with Crippen molar-refractivity contribution in [3.63, 3.8) is 0 Å². The lowest BCUT2D eigenvalue weighted by Crippen LogP contribution is -2.07. The van der Waals surface area contributed by atoms with Gasteiger partial charge in [-0.2, -0.15) is 10.2 Å². The van der Waals surface area contributed by atoms with E-state index >= 15 is 0 Å². The van der Waals surface area contributed by atoms with Gasteiger partial charge in [-0.3, -0.25) is 4.57 Å². The summed E-state index contributed by atoms with van der Waals surface area (Å²) in [6.45, 7) is 5.51. The average molecular weight is 422 g/mol. The molecule has 0 saturated carbocycles. The highest BCUT2D eigenvalue weighted by molar-refractivity contribution is 5.86. The summed E-state index contributed by atoms with van der Waals surface area (Å²) in [5, 5.41) is 9.39. The van der Waals surface area contributed by atoms with E-state index in [-0.39, 0.29) is 0 Å². The predicted octanol–water partition coefficient (Wildman–Crippen LogP) is 5.03. The minimum Gasteiger partial charge on any atom is -0.488 e. The normalized spacial score (nSPS) is 13.7. The van der Waals surface area contributed by atoms with Gasteiger partial charge in [0.2, 0.25) is 0 Å². The number of ether oxygens (including phenoxy) is 2. The summed E-state index contributed by atoms with van der Waals surface area (Å²) in [6.07, 6.45) is 3.39. The van der Waals surface area contributed by atoms with E-state index in [2.05, 4.69) is 34.2 Å². The van der Waals surface area contributed by atoms with Gasteiger partial charge in [0.1, 0.15) is 17.9 Å². The molecule has 4 aromatic rings. The van der Waals surface area contributed by atoms with Crippen LogP contribution in [0.3, 0.4) is 0 Å². The molecule has 0 unspecified atom stereocenters. The van der Waals surface area contributed by atoms with Gasteiger partial charge in [0.25, 0.3) is 6.01 Å². The molecule has 0 radical (unpaired) electrons. The molecule has 0 aliphatic carbocycles. The van der Waals surface area contributed by atoms with Gasteiger partial charge in [-0.15, -0.1) is 0 Å². The van der Waals surface area contributed by atoms with Gasteiger partial charge in [0.15, 0.2) is 5.65 Å². The third kappa shape index (κ3) is 3.38. The molecular formula is C26H22N4O2. The first kappa shape index (κ1) is 19.8. The second-order valence-corrected chi connectivity index (χ2v) is 7.68. The van der Waals surface area contributed by atoms with E-state index in [1.54, 1.807) is 12.3 Å². The number of allylic oxidation sites excluding steroid dienone is 1. The van der Waals surface area contributed by atoms with E-state index < -0.39 is 0 Å².